The van der Waals surface area contributed by atoms with Crippen LogP contribution in [0, 0.1) is 17.2 Å². The van der Waals surface area contributed by atoms with Crippen LogP contribution in [0.2, 0.25) is 0 Å². The van der Waals surface area contributed by atoms with Crippen molar-refractivity contribution in [3.05, 3.63) is 76.2 Å². The molecule has 0 fully saturated rings. The smallest absolute Gasteiger partial charge is 0.338 e. The van der Waals surface area contributed by atoms with Crippen molar-refractivity contribution in [2.45, 2.75) is 27.2 Å². The van der Waals surface area contributed by atoms with E-state index in [1.165, 1.54) is 16.9 Å². The zero-order chi connectivity index (χ0) is 22.2. The Balaban J connectivity index is 1.70. The van der Waals surface area contributed by atoms with Gasteiger partial charge < -0.3 is 10.1 Å². The van der Waals surface area contributed by atoms with E-state index in [-0.39, 0.29) is 5.97 Å². The van der Waals surface area contributed by atoms with Crippen molar-refractivity contribution in [2.75, 3.05) is 11.9 Å². The van der Waals surface area contributed by atoms with E-state index in [0.29, 0.717) is 28.7 Å². The number of thiazole rings is 1. The van der Waals surface area contributed by atoms with Crippen LogP contribution in [0.25, 0.3) is 16.8 Å². The van der Waals surface area contributed by atoms with Crippen LogP contribution in [-0.2, 0) is 11.2 Å². The molecule has 0 unspecified atom stereocenters. The van der Waals surface area contributed by atoms with Crippen LogP contribution in [0.15, 0.2) is 60.1 Å². The second-order valence-electron chi connectivity index (χ2n) is 7.44. The van der Waals surface area contributed by atoms with Crippen molar-refractivity contribution < 1.29 is 9.53 Å². The van der Waals surface area contributed by atoms with Crippen molar-refractivity contribution in [3.8, 4) is 17.3 Å². The summed E-state index contributed by atoms with van der Waals surface area (Å²) in [4.78, 5) is 16.4. The number of carbonyl (C=O) groups is 1. The number of anilines is 1. The molecule has 158 valence electrons. The maximum atomic E-state index is 11.7. The van der Waals surface area contributed by atoms with E-state index in [9.17, 15) is 10.1 Å². The lowest BCUT2D eigenvalue weighted by Gasteiger charge is -2.05. The molecule has 0 aliphatic carbocycles. The van der Waals surface area contributed by atoms with Gasteiger partial charge >= 0.3 is 5.97 Å². The zero-order valence-electron chi connectivity index (χ0n) is 17.9. The van der Waals surface area contributed by atoms with Crippen molar-refractivity contribution in [1.82, 2.24) is 4.98 Å². The SMILES string of the molecule is CCOC(=O)c1ccc(N/C=C(\C#N)c2nc(-c3ccc(CC(C)C)cc3)cs2)cc1. The third-order valence-corrected chi connectivity index (χ3v) is 5.40. The summed E-state index contributed by atoms with van der Waals surface area (Å²) in [5.41, 5.74) is 4.90. The summed E-state index contributed by atoms with van der Waals surface area (Å²) in [6.07, 6.45) is 2.68. The summed E-state index contributed by atoms with van der Waals surface area (Å²) in [6, 6.07) is 17.5. The average molecular weight is 432 g/mol. The van der Waals surface area contributed by atoms with Gasteiger partial charge in [-0.05, 0) is 49.1 Å². The maximum Gasteiger partial charge on any atom is 0.338 e. The molecule has 3 rings (SSSR count). The third kappa shape index (κ3) is 6.03. The summed E-state index contributed by atoms with van der Waals surface area (Å²) in [6.45, 7) is 6.53. The molecule has 6 heteroatoms. The summed E-state index contributed by atoms with van der Waals surface area (Å²) in [7, 11) is 0. The minimum Gasteiger partial charge on any atom is -0.462 e. The fraction of sp³-hybridized carbons (Fsp3) is 0.240. The van der Waals surface area contributed by atoms with Gasteiger partial charge in [-0.15, -0.1) is 11.3 Å². The average Bonchev–Trinajstić information content (AvgIpc) is 3.25. The molecule has 3 aromatic rings. The molecule has 31 heavy (non-hydrogen) atoms. The summed E-state index contributed by atoms with van der Waals surface area (Å²) < 4.78 is 4.98. The molecule has 0 amide bonds. The van der Waals surface area contributed by atoms with Gasteiger partial charge in [0.25, 0.3) is 0 Å². The van der Waals surface area contributed by atoms with Crippen LogP contribution in [0.3, 0.4) is 0 Å². The van der Waals surface area contributed by atoms with Crippen LogP contribution in [0.1, 0.15) is 41.7 Å². The quantitative estimate of drug-likeness (QED) is 0.341. The van der Waals surface area contributed by atoms with Gasteiger partial charge in [0.15, 0.2) is 0 Å². The number of nitrogens with zero attached hydrogens (tertiary/aromatic N) is 2. The van der Waals surface area contributed by atoms with Crippen LogP contribution >= 0.6 is 11.3 Å². The summed E-state index contributed by atoms with van der Waals surface area (Å²) >= 11 is 1.44. The molecule has 0 aliphatic heterocycles. The predicted octanol–water partition coefficient (Wildman–Crippen LogP) is 6.16. The first kappa shape index (κ1) is 22.3. The van der Waals surface area contributed by atoms with Gasteiger partial charge in [0, 0.05) is 22.8 Å². The van der Waals surface area contributed by atoms with Gasteiger partial charge in [-0.3, -0.25) is 0 Å². The first-order valence-corrected chi connectivity index (χ1v) is 11.1. The molecule has 1 aromatic heterocycles. The third-order valence-electron chi connectivity index (χ3n) is 4.53. The highest BCUT2D eigenvalue weighted by Gasteiger charge is 2.10. The van der Waals surface area contributed by atoms with Crippen LogP contribution in [0.5, 0.6) is 0 Å². The number of allylic oxidation sites excluding steroid dienone is 1. The molecule has 0 spiro atoms. The van der Waals surface area contributed by atoms with Gasteiger partial charge in [0.2, 0.25) is 0 Å². The van der Waals surface area contributed by atoms with Gasteiger partial charge in [-0.1, -0.05) is 38.1 Å². The minimum atomic E-state index is -0.352. The minimum absolute atomic E-state index is 0.338. The number of benzene rings is 2. The maximum absolute atomic E-state index is 11.7. The largest absolute Gasteiger partial charge is 0.462 e. The first-order chi connectivity index (χ1) is 15.0. The number of hydrogen-bond donors (Lipinski definition) is 1. The van der Waals surface area contributed by atoms with E-state index in [0.717, 1.165) is 23.4 Å². The number of rotatable bonds is 8. The van der Waals surface area contributed by atoms with Crippen LogP contribution in [0.4, 0.5) is 5.69 Å². The highest BCUT2D eigenvalue weighted by Crippen LogP contribution is 2.27. The molecular formula is C25H25N3O2S. The molecule has 0 atom stereocenters. The number of esters is 1. The normalized spacial score (nSPS) is 11.3. The predicted molar refractivity (Wildman–Crippen MR) is 126 cm³/mol. The van der Waals surface area contributed by atoms with E-state index in [1.807, 2.05) is 5.38 Å². The van der Waals surface area contributed by atoms with Crippen molar-refractivity contribution in [3.63, 3.8) is 0 Å². The molecule has 0 saturated heterocycles. The Morgan fingerprint density at radius 1 is 1.19 bits per heavy atom. The number of nitriles is 1. The number of nitrogens with one attached hydrogen (secondary N) is 1. The Labute approximate surface area is 187 Å². The topological polar surface area (TPSA) is 75.0 Å². The lowest BCUT2D eigenvalue weighted by Crippen LogP contribution is -2.04. The van der Waals surface area contributed by atoms with Crippen molar-refractivity contribution in [2.24, 2.45) is 5.92 Å². The summed E-state index contributed by atoms with van der Waals surface area (Å²) in [5, 5.41) is 15.3. The van der Waals surface area contributed by atoms with E-state index in [4.69, 9.17) is 4.74 Å². The highest BCUT2D eigenvalue weighted by molar-refractivity contribution is 7.11. The van der Waals surface area contributed by atoms with Gasteiger partial charge in [0.05, 0.1) is 17.9 Å². The molecular weight excluding hydrogens is 406 g/mol. The summed E-state index contributed by atoms with van der Waals surface area (Å²) in [5.74, 6) is 0.267. The highest BCUT2D eigenvalue weighted by atomic mass is 32.1. The molecule has 0 bridgehead atoms. The van der Waals surface area contributed by atoms with Crippen molar-refractivity contribution in [1.29, 1.82) is 5.26 Å². The second-order valence-corrected chi connectivity index (χ2v) is 8.30. The lowest BCUT2D eigenvalue weighted by atomic mass is 10.0. The van der Waals surface area contributed by atoms with Gasteiger partial charge in [0.1, 0.15) is 16.6 Å². The van der Waals surface area contributed by atoms with E-state index < -0.39 is 0 Å². The van der Waals surface area contributed by atoms with Gasteiger partial charge in [-0.2, -0.15) is 5.26 Å². The Morgan fingerprint density at radius 3 is 2.52 bits per heavy atom. The molecule has 1 N–H and O–H groups in total. The molecule has 0 saturated carbocycles. The number of ether oxygens (including phenoxy) is 1. The van der Waals surface area contributed by atoms with Crippen LogP contribution in [-0.4, -0.2) is 17.6 Å². The number of aromatic nitrogens is 1. The molecule has 2 aromatic carbocycles. The van der Waals surface area contributed by atoms with E-state index >= 15 is 0 Å². The Morgan fingerprint density at radius 2 is 1.90 bits per heavy atom. The fourth-order valence-electron chi connectivity index (χ4n) is 3.03. The van der Waals surface area contributed by atoms with E-state index in [1.54, 1.807) is 37.4 Å². The van der Waals surface area contributed by atoms with Crippen LogP contribution < -0.4 is 5.32 Å². The molecule has 1 heterocycles. The first-order valence-electron chi connectivity index (χ1n) is 10.2. The lowest BCUT2D eigenvalue weighted by molar-refractivity contribution is 0.0526. The standard InChI is InChI=1S/C25H25N3O2S/c1-4-30-25(29)20-9-11-22(12-10-20)27-15-21(14-26)24-28-23(16-31-24)19-7-5-18(6-8-19)13-17(2)3/h5-12,15-17,27H,4,13H2,1-3H3/b21-15+. The van der Waals surface area contributed by atoms with E-state index in [2.05, 4.69) is 54.5 Å². The number of carbonyl (C=O) groups excluding carboxylic acids is 1. The zero-order valence-corrected chi connectivity index (χ0v) is 18.7. The molecule has 0 aliphatic rings. The Kier molecular flexibility index (Phi) is 7.58. The Bertz CT molecular complexity index is 1090. The Hall–Kier alpha value is -3.43. The van der Waals surface area contributed by atoms with Gasteiger partial charge in [-0.25, -0.2) is 9.78 Å². The van der Waals surface area contributed by atoms with Crippen molar-refractivity contribution >= 4 is 28.6 Å². The fourth-order valence-corrected chi connectivity index (χ4v) is 3.82. The monoisotopic (exact) mass is 431 g/mol. The second kappa shape index (κ2) is 10.6. The number of hydrogen-bond acceptors (Lipinski definition) is 6. The molecule has 0 radical (unpaired) electrons. The molecule has 5 nitrogen and oxygen atoms in total.